The third-order valence-corrected chi connectivity index (χ3v) is 3.97. The van der Waals surface area contributed by atoms with E-state index < -0.39 is 0 Å². The maximum Gasteiger partial charge on any atom is 0.169 e. The van der Waals surface area contributed by atoms with Gasteiger partial charge in [-0.2, -0.15) is 0 Å². The highest BCUT2D eigenvalue weighted by Gasteiger charge is 2.18. The minimum atomic E-state index is 0.564. The molecule has 0 aromatic heterocycles. The Bertz CT molecular complexity index is 633. The van der Waals surface area contributed by atoms with Gasteiger partial charge < -0.3 is 14.4 Å². The summed E-state index contributed by atoms with van der Waals surface area (Å²) in [6.45, 7) is 2.87. The topological polar surface area (TPSA) is 21.7 Å². The Morgan fingerprint density at radius 2 is 1.65 bits per heavy atom. The van der Waals surface area contributed by atoms with Crippen LogP contribution in [0.15, 0.2) is 42.5 Å². The smallest absolute Gasteiger partial charge is 0.169 e. The zero-order valence-corrected chi connectivity index (χ0v) is 11.3. The van der Waals surface area contributed by atoms with Crippen molar-refractivity contribution in [1.29, 1.82) is 0 Å². The summed E-state index contributed by atoms with van der Waals surface area (Å²) in [5.74, 6) is 2.50. The Morgan fingerprint density at radius 1 is 0.850 bits per heavy atom. The van der Waals surface area contributed by atoms with Crippen molar-refractivity contribution in [3.63, 3.8) is 0 Å². The molecule has 0 N–H and O–H groups in total. The molecule has 3 heteroatoms. The molecule has 4 rings (SSSR count). The minimum Gasteiger partial charge on any atom is -0.485 e. The molecule has 2 aromatic carbocycles. The van der Waals surface area contributed by atoms with Crippen molar-refractivity contribution in [1.82, 2.24) is 0 Å². The first kappa shape index (κ1) is 11.6. The number of anilines is 1. The molecule has 2 heterocycles. The molecular formula is C17H17NO2. The molecule has 2 aromatic rings. The van der Waals surface area contributed by atoms with E-state index in [1.807, 2.05) is 24.3 Å². The van der Waals surface area contributed by atoms with Gasteiger partial charge in [-0.05, 0) is 43.2 Å². The van der Waals surface area contributed by atoms with Gasteiger partial charge in [0.25, 0.3) is 0 Å². The van der Waals surface area contributed by atoms with Crippen molar-refractivity contribution < 1.29 is 9.47 Å². The van der Waals surface area contributed by atoms with Gasteiger partial charge in [0.1, 0.15) is 12.4 Å². The molecule has 0 saturated carbocycles. The predicted molar refractivity (Wildman–Crippen MR) is 78.7 cm³/mol. The Balaban J connectivity index is 1.68. The summed E-state index contributed by atoms with van der Waals surface area (Å²) in [5, 5.41) is 0. The maximum atomic E-state index is 5.98. The molecule has 1 fully saturated rings. The fraction of sp³-hybridized carbons (Fsp3) is 0.294. The summed E-state index contributed by atoms with van der Waals surface area (Å²) in [6.07, 6.45) is 2.57. The zero-order valence-electron chi connectivity index (χ0n) is 11.3. The highest BCUT2D eigenvalue weighted by Crippen LogP contribution is 2.38. The molecule has 102 valence electrons. The van der Waals surface area contributed by atoms with Gasteiger partial charge in [-0.25, -0.2) is 0 Å². The molecule has 0 unspecified atom stereocenters. The van der Waals surface area contributed by atoms with Gasteiger partial charge >= 0.3 is 0 Å². The molecule has 0 bridgehead atoms. The average molecular weight is 267 g/mol. The van der Waals surface area contributed by atoms with Crippen molar-refractivity contribution in [3.05, 3.63) is 48.0 Å². The van der Waals surface area contributed by atoms with E-state index >= 15 is 0 Å². The number of nitrogens with zero attached hydrogens (tertiary/aromatic N) is 1. The van der Waals surface area contributed by atoms with E-state index in [1.54, 1.807) is 0 Å². The number of hydrogen-bond acceptors (Lipinski definition) is 3. The van der Waals surface area contributed by atoms with Crippen molar-refractivity contribution in [2.24, 2.45) is 0 Å². The predicted octanol–water partition coefficient (Wildman–Crippen LogP) is 3.97. The van der Waals surface area contributed by atoms with Crippen LogP contribution in [0.5, 0.6) is 17.2 Å². The summed E-state index contributed by atoms with van der Waals surface area (Å²) in [5.41, 5.74) is 2.39. The molecule has 0 spiro atoms. The molecule has 20 heavy (non-hydrogen) atoms. The normalized spacial score (nSPS) is 16.7. The van der Waals surface area contributed by atoms with Gasteiger partial charge in [-0.3, -0.25) is 0 Å². The summed E-state index contributed by atoms with van der Waals surface area (Å²) in [4.78, 5) is 2.43. The minimum absolute atomic E-state index is 0.564. The number of para-hydroxylation sites is 2. The molecule has 1 saturated heterocycles. The third-order valence-electron chi connectivity index (χ3n) is 3.97. The second-order valence-electron chi connectivity index (χ2n) is 5.32. The van der Waals surface area contributed by atoms with Crippen LogP contribution in [0.3, 0.4) is 0 Å². The Labute approximate surface area is 118 Å². The Morgan fingerprint density at radius 3 is 2.50 bits per heavy atom. The van der Waals surface area contributed by atoms with E-state index in [0.29, 0.717) is 6.61 Å². The monoisotopic (exact) mass is 267 g/mol. The van der Waals surface area contributed by atoms with E-state index in [4.69, 9.17) is 9.47 Å². The van der Waals surface area contributed by atoms with Gasteiger partial charge in [-0.15, -0.1) is 0 Å². The Hall–Kier alpha value is -2.16. The number of hydrogen-bond donors (Lipinski definition) is 0. The average Bonchev–Trinajstić information content (AvgIpc) is 2.95. The van der Waals surface area contributed by atoms with Crippen LogP contribution in [0.1, 0.15) is 18.4 Å². The van der Waals surface area contributed by atoms with Crippen LogP contribution in [0.4, 0.5) is 5.69 Å². The Kier molecular flexibility index (Phi) is 2.76. The van der Waals surface area contributed by atoms with Crippen molar-refractivity contribution in [2.75, 3.05) is 18.0 Å². The molecule has 0 aliphatic carbocycles. The van der Waals surface area contributed by atoms with Crippen LogP contribution >= 0.6 is 0 Å². The molecule has 0 amide bonds. The highest BCUT2D eigenvalue weighted by molar-refractivity contribution is 5.56. The van der Waals surface area contributed by atoms with Crippen molar-refractivity contribution in [3.8, 4) is 17.2 Å². The van der Waals surface area contributed by atoms with Crippen LogP contribution < -0.4 is 14.4 Å². The van der Waals surface area contributed by atoms with Gasteiger partial charge in [0.05, 0.1) is 0 Å². The first-order chi connectivity index (χ1) is 9.90. The SMILES string of the molecule is c1ccc2c(c1)OCc1cc(N3CCCC3)ccc1O2. The molecule has 0 atom stereocenters. The van der Waals surface area contributed by atoms with Crippen LogP contribution in [0, 0.1) is 0 Å². The van der Waals surface area contributed by atoms with Gasteiger partial charge in [0.15, 0.2) is 11.5 Å². The fourth-order valence-corrected chi connectivity index (χ4v) is 2.88. The first-order valence-corrected chi connectivity index (χ1v) is 7.18. The number of ether oxygens (including phenoxy) is 2. The largest absolute Gasteiger partial charge is 0.485 e. The number of rotatable bonds is 1. The van der Waals surface area contributed by atoms with E-state index in [0.717, 1.165) is 35.9 Å². The second kappa shape index (κ2) is 4.75. The van der Waals surface area contributed by atoms with Crippen molar-refractivity contribution >= 4 is 5.69 Å². The molecule has 2 aliphatic rings. The lowest BCUT2D eigenvalue weighted by Gasteiger charge is -2.19. The molecular weight excluding hydrogens is 250 g/mol. The lowest BCUT2D eigenvalue weighted by atomic mass is 10.1. The highest BCUT2D eigenvalue weighted by atomic mass is 16.5. The van der Waals surface area contributed by atoms with Crippen LogP contribution in [0.25, 0.3) is 0 Å². The van der Waals surface area contributed by atoms with Gasteiger partial charge in [0, 0.05) is 24.3 Å². The van der Waals surface area contributed by atoms with E-state index in [-0.39, 0.29) is 0 Å². The third kappa shape index (κ3) is 1.99. The summed E-state index contributed by atoms with van der Waals surface area (Å²) < 4.78 is 11.8. The van der Waals surface area contributed by atoms with Crippen molar-refractivity contribution in [2.45, 2.75) is 19.4 Å². The first-order valence-electron chi connectivity index (χ1n) is 7.18. The van der Waals surface area contributed by atoms with Gasteiger partial charge in [-0.1, -0.05) is 12.1 Å². The van der Waals surface area contributed by atoms with Gasteiger partial charge in [0.2, 0.25) is 0 Å². The second-order valence-corrected chi connectivity index (χ2v) is 5.32. The number of fused-ring (bicyclic) bond motifs is 2. The molecule has 2 aliphatic heterocycles. The van der Waals surface area contributed by atoms with E-state index in [9.17, 15) is 0 Å². The molecule has 3 nitrogen and oxygen atoms in total. The lowest BCUT2D eigenvalue weighted by molar-refractivity contribution is 0.307. The summed E-state index contributed by atoms with van der Waals surface area (Å²) in [6, 6.07) is 14.2. The fourth-order valence-electron chi connectivity index (χ4n) is 2.88. The molecule has 0 radical (unpaired) electrons. The summed E-state index contributed by atoms with van der Waals surface area (Å²) in [7, 11) is 0. The zero-order chi connectivity index (χ0) is 13.4. The standard InChI is InChI=1S/C17H17NO2/c1-2-6-17-16(5-1)19-12-13-11-14(7-8-15(13)20-17)18-9-3-4-10-18/h1-2,5-8,11H,3-4,9-10,12H2. The van der Waals surface area contributed by atoms with E-state index in [2.05, 4.69) is 23.1 Å². The van der Waals surface area contributed by atoms with Crippen LogP contribution in [-0.2, 0) is 6.61 Å². The van der Waals surface area contributed by atoms with E-state index in [1.165, 1.54) is 18.5 Å². The maximum absolute atomic E-state index is 5.98. The lowest BCUT2D eigenvalue weighted by Crippen LogP contribution is -2.17. The summed E-state index contributed by atoms with van der Waals surface area (Å²) >= 11 is 0. The van der Waals surface area contributed by atoms with Crippen LogP contribution in [0.2, 0.25) is 0 Å². The number of benzene rings is 2. The van der Waals surface area contributed by atoms with Crippen LogP contribution in [-0.4, -0.2) is 13.1 Å². The quantitative estimate of drug-likeness (QED) is 0.780.